The molecule has 1 N–H and O–H groups in total. The van der Waals surface area contributed by atoms with Crippen LogP contribution in [0.15, 0.2) is 18.2 Å². The minimum atomic E-state index is -0.392. The number of fused-ring (bicyclic) bond motifs is 3. The first-order valence-corrected chi connectivity index (χ1v) is 7.31. The van der Waals surface area contributed by atoms with E-state index in [1.54, 1.807) is 4.90 Å². The number of benzene rings is 1. The average Bonchev–Trinajstić information content (AvgIpc) is 2.73. The van der Waals surface area contributed by atoms with E-state index in [1.165, 1.54) is 6.92 Å². The Morgan fingerprint density at radius 2 is 2.35 bits per heavy atom. The van der Waals surface area contributed by atoms with Gasteiger partial charge in [0.1, 0.15) is 24.5 Å². The van der Waals surface area contributed by atoms with Crippen molar-refractivity contribution < 1.29 is 19.1 Å². The number of cyclic esters (lactones) is 1. The maximum absolute atomic E-state index is 12.0. The highest BCUT2D eigenvalue weighted by Gasteiger charge is 2.46. The first-order chi connectivity index (χ1) is 9.56. The second-order valence-electron chi connectivity index (χ2n) is 4.72. The minimum Gasteiger partial charge on any atom is -0.489 e. The maximum Gasteiger partial charge on any atom is 0.415 e. The third kappa shape index (κ3) is 2.30. The van der Waals surface area contributed by atoms with Crippen LogP contribution in [0, 0.1) is 3.57 Å². The van der Waals surface area contributed by atoms with E-state index in [2.05, 4.69) is 27.9 Å². The molecule has 106 valence electrons. The molecule has 0 aliphatic carbocycles. The smallest absolute Gasteiger partial charge is 0.415 e. The zero-order valence-electron chi connectivity index (χ0n) is 10.8. The van der Waals surface area contributed by atoms with Crippen molar-refractivity contribution >= 4 is 40.3 Å². The number of nitrogens with one attached hydrogen (secondary N) is 1. The molecule has 20 heavy (non-hydrogen) atoms. The average molecular weight is 388 g/mol. The number of rotatable bonds is 2. The van der Waals surface area contributed by atoms with Crippen molar-refractivity contribution in [3.05, 3.63) is 21.8 Å². The molecule has 0 bridgehead atoms. The lowest BCUT2D eigenvalue weighted by Crippen LogP contribution is -2.47. The molecule has 6 nitrogen and oxygen atoms in total. The number of halogens is 1. The Hall–Kier alpha value is -1.51. The van der Waals surface area contributed by atoms with Gasteiger partial charge in [0.05, 0.1) is 12.2 Å². The molecule has 2 heterocycles. The van der Waals surface area contributed by atoms with Crippen LogP contribution < -0.4 is 15.0 Å². The van der Waals surface area contributed by atoms with Gasteiger partial charge >= 0.3 is 6.09 Å². The maximum atomic E-state index is 12.0. The van der Waals surface area contributed by atoms with Crippen LogP contribution in [0.5, 0.6) is 5.75 Å². The van der Waals surface area contributed by atoms with Gasteiger partial charge < -0.3 is 14.8 Å². The molecular weight excluding hydrogens is 375 g/mol. The van der Waals surface area contributed by atoms with Crippen LogP contribution in [0.4, 0.5) is 10.5 Å². The largest absolute Gasteiger partial charge is 0.489 e. The van der Waals surface area contributed by atoms with E-state index >= 15 is 0 Å². The molecule has 0 aromatic heterocycles. The summed E-state index contributed by atoms with van der Waals surface area (Å²) in [6, 6.07) is 5.45. The van der Waals surface area contributed by atoms with E-state index in [0.29, 0.717) is 18.9 Å². The van der Waals surface area contributed by atoms with Crippen molar-refractivity contribution in [2.24, 2.45) is 0 Å². The van der Waals surface area contributed by atoms with Gasteiger partial charge in [-0.1, -0.05) is 0 Å². The Labute approximate surface area is 129 Å². The summed E-state index contributed by atoms with van der Waals surface area (Å²) in [4.78, 5) is 24.6. The minimum absolute atomic E-state index is 0.147. The topological polar surface area (TPSA) is 67.9 Å². The second-order valence-corrected chi connectivity index (χ2v) is 5.97. The fourth-order valence-electron chi connectivity index (χ4n) is 2.43. The number of ether oxygens (including phenoxy) is 2. The second kappa shape index (κ2) is 5.12. The summed E-state index contributed by atoms with van der Waals surface area (Å²) in [6.07, 6.45) is -0.782. The van der Waals surface area contributed by atoms with Gasteiger partial charge in [-0.05, 0) is 40.8 Å². The van der Waals surface area contributed by atoms with E-state index in [1.807, 2.05) is 18.2 Å². The van der Waals surface area contributed by atoms with E-state index < -0.39 is 6.09 Å². The normalized spacial score (nSPS) is 23.5. The molecule has 2 aliphatic rings. The van der Waals surface area contributed by atoms with Crippen molar-refractivity contribution in [1.29, 1.82) is 0 Å². The van der Waals surface area contributed by atoms with Crippen LogP contribution in [0.3, 0.4) is 0 Å². The lowest BCUT2D eigenvalue weighted by Gasteiger charge is -2.31. The van der Waals surface area contributed by atoms with E-state index in [9.17, 15) is 9.59 Å². The fraction of sp³-hybridized carbons (Fsp3) is 0.385. The van der Waals surface area contributed by atoms with Crippen molar-refractivity contribution in [3.63, 3.8) is 0 Å². The molecule has 1 aromatic carbocycles. The molecule has 2 atom stereocenters. The molecule has 0 spiro atoms. The van der Waals surface area contributed by atoms with E-state index in [4.69, 9.17) is 9.47 Å². The summed E-state index contributed by atoms with van der Waals surface area (Å²) < 4.78 is 12.1. The summed E-state index contributed by atoms with van der Waals surface area (Å²) in [7, 11) is 0. The Kier molecular flexibility index (Phi) is 3.45. The number of carbonyl (C=O) groups is 2. The van der Waals surface area contributed by atoms with Crippen LogP contribution in [-0.4, -0.2) is 37.3 Å². The number of anilines is 1. The van der Waals surface area contributed by atoms with Gasteiger partial charge in [-0.2, -0.15) is 0 Å². The van der Waals surface area contributed by atoms with Crippen LogP contribution in [0.1, 0.15) is 6.92 Å². The summed E-state index contributed by atoms with van der Waals surface area (Å²) in [5.41, 5.74) is 0.719. The molecular formula is C13H13IN2O4. The van der Waals surface area contributed by atoms with Crippen molar-refractivity contribution in [2.45, 2.75) is 19.1 Å². The molecule has 0 radical (unpaired) electrons. The van der Waals surface area contributed by atoms with Crippen molar-refractivity contribution in [3.8, 4) is 5.75 Å². The Balaban J connectivity index is 1.86. The van der Waals surface area contributed by atoms with Crippen LogP contribution >= 0.6 is 22.6 Å². The Morgan fingerprint density at radius 3 is 3.10 bits per heavy atom. The number of hydrogen-bond acceptors (Lipinski definition) is 4. The van der Waals surface area contributed by atoms with Crippen LogP contribution in [0.25, 0.3) is 0 Å². The Morgan fingerprint density at radius 1 is 1.55 bits per heavy atom. The summed E-state index contributed by atoms with van der Waals surface area (Å²) in [5.74, 6) is 0.538. The number of hydrogen-bond donors (Lipinski definition) is 1. The SMILES string of the molecule is CC(=O)NC[C@@H]1OC(=O)N2c3ccc(I)cc3OC[C@@H]12. The van der Waals surface area contributed by atoms with Crippen molar-refractivity contribution in [1.82, 2.24) is 5.32 Å². The first kappa shape index (κ1) is 13.5. The monoisotopic (exact) mass is 388 g/mol. The zero-order chi connectivity index (χ0) is 14.3. The van der Waals surface area contributed by atoms with Gasteiger partial charge in [-0.3, -0.25) is 9.69 Å². The summed E-state index contributed by atoms with van der Waals surface area (Å²) in [6.45, 7) is 2.09. The highest BCUT2D eigenvalue weighted by Crippen LogP contribution is 2.39. The highest BCUT2D eigenvalue weighted by atomic mass is 127. The zero-order valence-corrected chi connectivity index (χ0v) is 12.9. The van der Waals surface area contributed by atoms with E-state index in [0.717, 1.165) is 9.26 Å². The first-order valence-electron chi connectivity index (χ1n) is 6.23. The Bertz CT molecular complexity index is 577. The van der Waals surface area contributed by atoms with Gasteiger partial charge in [0.2, 0.25) is 5.91 Å². The lowest BCUT2D eigenvalue weighted by molar-refractivity contribution is -0.119. The van der Waals surface area contributed by atoms with Gasteiger partial charge in [-0.15, -0.1) is 0 Å². The van der Waals surface area contributed by atoms with E-state index in [-0.39, 0.29) is 18.1 Å². The predicted octanol–water partition coefficient (Wildman–Crippen LogP) is 1.51. The molecule has 7 heteroatoms. The fourth-order valence-corrected chi connectivity index (χ4v) is 2.89. The van der Waals surface area contributed by atoms with Gasteiger partial charge in [0.25, 0.3) is 0 Å². The van der Waals surface area contributed by atoms with Gasteiger partial charge in [-0.25, -0.2) is 4.79 Å². The molecule has 1 saturated heterocycles. The highest BCUT2D eigenvalue weighted by molar-refractivity contribution is 14.1. The molecule has 0 saturated carbocycles. The molecule has 2 aliphatic heterocycles. The molecule has 1 aromatic rings. The molecule has 3 rings (SSSR count). The molecule has 1 fully saturated rings. The summed E-state index contributed by atoms with van der Waals surface area (Å²) in [5, 5.41) is 2.67. The standard InChI is InChI=1S/C13H13IN2O4/c1-7(17)15-5-12-10-6-19-11-4-8(14)2-3-9(11)16(10)13(18)20-12/h2-4,10,12H,5-6H2,1H3,(H,15,17)/t10-,12-/m0/s1. The number of nitrogens with zero attached hydrogens (tertiary/aromatic N) is 1. The van der Waals surface area contributed by atoms with Crippen LogP contribution in [0.2, 0.25) is 0 Å². The number of carbonyl (C=O) groups excluding carboxylic acids is 2. The lowest BCUT2D eigenvalue weighted by atomic mass is 10.1. The third-order valence-corrected chi connectivity index (χ3v) is 4.02. The van der Waals surface area contributed by atoms with Crippen LogP contribution in [-0.2, 0) is 9.53 Å². The molecule has 0 unspecified atom stereocenters. The molecule has 2 amide bonds. The summed E-state index contributed by atoms with van der Waals surface area (Å²) >= 11 is 2.19. The van der Waals surface area contributed by atoms with Gasteiger partial charge in [0, 0.05) is 10.5 Å². The van der Waals surface area contributed by atoms with Crippen molar-refractivity contribution in [2.75, 3.05) is 18.1 Å². The predicted molar refractivity (Wildman–Crippen MR) is 79.9 cm³/mol. The third-order valence-electron chi connectivity index (χ3n) is 3.35. The quantitative estimate of drug-likeness (QED) is 0.781. The number of amides is 2. The van der Waals surface area contributed by atoms with Gasteiger partial charge in [0.15, 0.2) is 0 Å².